The predicted molar refractivity (Wildman–Crippen MR) is 80.9 cm³/mol. The number of nitrogens with one attached hydrogen (secondary N) is 1. The lowest BCUT2D eigenvalue weighted by Crippen LogP contribution is -2.46. The van der Waals surface area contributed by atoms with E-state index in [1.54, 1.807) is 0 Å². The van der Waals surface area contributed by atoms with Gasteiger partial charge in [-0.15, -0.1) is 0 Å². The van der Waals surface area contributed by atoms with E-state index >= 15 is 0 Å². The van der Waals surface area contributed by atoms with Gasteiger partial charge < -0.3 is 5.32 Å². The van der Waals surface area contributed by atoms with E-state index in [0.717, 1.165) is 0 Å². The summed E-state index contributed by atoms with van der Waals surface area (Å²) in [7, 11) is -1.31. The lowest BCUT2D eigenvalue weighted by atomic mass is 9.98. The molecule has 13 heteroatoms. The first-order valence-corrected chi connectivity index (χ1v) is 9.03. The highest BCUT2D eigenvalue weighted by molar-refractivity contribution is 7.85. The average molecular weight is 425 g/mol. The lowest BCUT2D eigenvalue weighted by molar-refractivity contribution is -0.0337. The molecular formula is C13H23F8NO3S. The number of rotatable bonds is 11. The Balaban J connectivity index is 0. The number of halogens is 8. The average Bonchev–Trinajstić information content (AvgIpc) is 2.55. The van der Waals surface area contributed by atoms with Crippen LogP contribution < -0.4 is 5.32 Å². The Morgan fingerprint density at radius 3 is 1.50 bits per heavy atom. The third kappa shape index (κ3) is 11.1. The van der Waals surface area contributed by atoms with E-state index in [1.807, 2.05) is 14.1 Å². The van der Waals surface area contributed by atoms with Crippen molar-refractivity contribution in [3.05, 3.63) is 0 Å². The summed E-state index contributed by atoms with van der Waals surface area (Å²) in [5, 5.41) is 2.75. The second kappa shape index (κ2) is 13.5. The number of hydrogen-bond donors (Lipinski definition) is 2. The van der Waals surface area contributed by atoms with Crippen LogP contribution in [0, 0.1) is 0 Å². The molecule has 4 nitrogen and oxygen atoms in total. The van der Waals surface area contributed by atoms with E-state index in [1.165, 1.54) is 0 Å². The third-order valence-electron chi connectivity index (χ3n) is 2.89. The van der Waals surface area contributed by atoms with Gasteiger partial charge in [-0.1, -0.05) is 0 Å². The highest BCUT2D eigenvalue weighted by atomic mass is 32.2. The summed E-state index contributed by atoms with van der Waals surface area (Å²) in [6.07, 6.45) is -24.8. The molecule has 0 aliphatic rings. The van der Waals surface area contributed by atoms with E-state index in [0.29, 0.717) is 0 Å². The molecule has 2 N–H and O–H groups in total. The Bertz CT molecular complexity index is 459. The molecule has 0 amide bonds. The van der Waals surface area contributed by atoms with E-state index in [2.05, 4.69) is 5.32 Å². The van der Waals surface area contributed by atoms with Gasteiger partial charge in [0.1, 0.15) is 11.9 Å². The van der Waals surface area contributed by atoms with Crippen LogP contribution in [0.2, 0.25) is 0 Å². The fraction of sp³-hybridized carbons (Fsp3) is 1.00. The smallest absolute Gasteiger partial charge is 0.267 e. The normalized spacial score (nSPS) is 20.1. The molecule has 0 aromatic heterocycles. The Morgan fingerprint density at radius 2 is 1.15 bits per heavy atom. The summed E-state index contributed by atoms with van der Waals surface area (Å²) in [6.45, 7) is -1.05. The van der Waals surface area contributed by atoms with Crippen LogP contribution in [0.3, 0.4) is 0 Å². The first-order valence-electron chi connectivity index (χ1n) is 7.42. The van der Waals surface area contributed by atoms with Crippen LogP contribution in [-0.4, -0.2) is 82.7 Å². The molecule has 0 radical (unpaired) electrons. The van der Waals surface area contributed by atoms with Crippen LogP contribution in [0.25, 0.3) is 0 Å². The molecule has 0 aromatic carbocycles. The number of hydrogen-bond acceptors (Lipinski definition) is 3. The second-order valence-corrected chi connectivity index (χ2v) is 6.83. The van der Waals surface area contributed by atoms with Crippen LogP contribution >= 0.6 is 0 Å². The van der Waals surface area contributed by atoms with Gasteiger partial charge in [-0.2, -0.15) is 8.42 Å². The minimum atomic E-state index is -5.06. The molecule has 0 aliphatic carbocycles. The predicted octanol–water partition coefficient (Wildman–Crippen LogP) is 2.83. The summed E-state index contributed by atoms with van der Waals surface area (Å²) in [5.74, 6) is -1.92. The van der Waals surface area contributed by atoms with E-state index in [9.17, 15) is 43.5 Å². The van der Waals surface area contributed by atoms with Crippen LogP contribution in [0.1, 0.15) is 12.8 Å². The van der Waals surface area contributed by atoms with Gasteiger partial charge >= 0.3 is 0 Å². The summed E-state index contributed by atoms with van der Waals surface area (Å²) in [4.78, 5) is 0. The Hall–Kier alpha value is -0.690. The molecule has 7 unspecified atom stereocenters. The van der Waals surface area contributed by atoms with Crippen molar-refractivity contribution < 1.29 is 48.1 Å². The second-order valence-electron chi connectivity index (χ2n) is 5.33. The maximum atomic E-state index is 13.3. The monoisotopic (exact) mass is 425 g/mol. The summed E-state index contributed by atoms with van der Waals surface area (Å²) in [5.41, 5.74) is 0. The highest BCUT2D eigenvalue weighted by Gasteiger charge is 2.46. The third-order valence-corrected chi connectivity index (χ3v) is 3.63. The molecule has 0 fully saturated rings. The van der Waals surface area contributed by atoms with Crippen molar-refractivity contribution in [2.75, 3.05) is 26.5 Å². The Kier molecular flexibility index (Phi) is 14.3. The van der Waals surface area contributed by atoms with Crippen molar-refractivity contribution in [1.82, 2.24) is 5.32 Å². The van der Waals surface area contributed by atoms with E-state index in [-0.39, 0.29) is 0 Å². The first-order chi connectivity index (χ1) is 11.8. The topological polar surface area (TPSA) is 66.4 Å². The Labute approximate surface area is 147 Å². The molecular weight excluding hydrogens is 402 g/mol. The van der Waals surface area contributed by atoms with Crippen LogP contribution in [-0.2, 0) is 10.1 Å². The molecule has 0 saturated carbocycles. The van der Waals surface area contributed by atoms with Crippen LogP contribution in [0.5, 0.6) is 0 Å². The minimum Gasteiger partial charge on any atom is -0.323 e. The van der Waals surface area contributed by atoms with Gasteiger partial charge in [0.05, 0.1) is 6.67 Å². The molecule has 160 valence electrons. The standard InChI is InChI=1S/C11H16F8O3S.C2H7N/c12-3-1-2-5(13)7(15)9(17)11(19)10(18)8(16)6(14)4-23(20,21)22;1-3-2/h5-11H,1-4H2,(H,20,21,22);3H,1-2H3. The largest absolute Gasteiger partial charge is 0.323 e. The molecule has 0 spiro atoms. The van der Waals surface area contributed by atoms with E-state index in [4.69, 9.17) is 4.55 Å². The van der Waals surface area contributed by atoms with Gasteiger partial charge in [0, 0.05) is 0 Å². The van der Waals surface area contributed by atoms with Gasteiger partial charge in [0.25, 0.3) is 10.1 Å². The van der Waals surface area contributed by atoms with Crippen molar-refractivity contribution >= 4 is 10.1 Å². The zero-order valence-electron chi connectivity index (χ0n) is 14.1. The maximum absolute atomic E-state index is 13.3. The zero-order valence-corrected chi connectivity index (χ0v) is 14.9. The molecule has 0 rings (SSSR count). The molecule has 0 aromatic rings. The summed E-state index contributed by atoms with van der Waals surface area (Å²) >= 11 is 0. The van der Waals surface area contributed by atoms with Crippen LogP contribution in [0.15, 0.2) is 0 Å². The molecule has 0 heterocycles. The SMILES string of the molecule is CNC.O=S(=O)(O)CC(F)C(F)C(F)C(F)C(F)C(F)C(F)CCCF. The van der Waals surface area contributed by atoms with Gasteiger partial charge in [0.2, 0.25) is 0 Å². The maximum Gasteiger partial charge on any atom is 0.267 e. The quantitative estimate of drug-likeness (QED) is 0.395. The van der Waals surface area contributed by atoms with Gasteiger partial charge in [-0.3, -0.25) is 8.94 Å². The lowest BCUT2D eigenvalue weighted by Gasteiger charge is -2.25. The van der Waals surface area contributed by atoms with Gasteiger partial charge in [0.15, 0.2) is 37.0 Å². The molecule has 0 saturated heterocycles. The highest BCUT2D eigenvalue weighted by Crippen LogP contribution is 2.27. The Morgan fingerprint density at radius 1 is 0.808 bits per heavy atom. The molecule has 0 bridgehead atoms. The summed E-state index contributed by atoms with van der Waals surface area (Å²) < 4.78 is 133. The fourth-order valence-electron chi connectivity index (χ4n) is 1.65. The molecule has 0 aliphatic heterocycles. The molecule has 26 heavy (non-hydrogen) atoms. The number of alkyl halides is 8. The van der Waals surface area contributed by atoms with Crippen LogP contribution in [0.4, 0.5) is 35.1 Å². The van der Waals surface area contributed by atoms with Crippen molar-refractivity contribution in [1.29, 1.82) is 0 Å². The first kappa shape index (κ1) is 27.5. The van der Waals surface area contributed by atoms with Gasteiger partial charge in [-0.25, -0.2) is 30.7 Å². The molecule has 7 atom stereocenters. The minimum absolute atomic E-state index is 0.503. The van der Waals surface area contributed by atoms with E-state index < -0.39 is 78.6 Å². The van der Waals surface area contributed by atoms with Crippen molar-refractivity contribution in [2.45, 2.75) is 56.0 Å². The van der Waals surface area contributed by atoms with Crippen molar-refractivity contribution in [3.63, 3.8) is 0 Å². The van der Waals surface area contributed by atoms with Gasteiger partial charge in [-0.05, 0) is 26.9 Å². The zero-order chi connectivity index (χ0) is 21.1. The van der Waals surface area contributed by atoms with Crippen molar-refractivity contribution in [3.8, 4) is 0 Å². The van der Waals surface area contributed by atoms with Crippen molar-refractivity contribution in [2.24, 2.45) is 0 Å². The summed E-state index contributed by atoms with van der Waals surface area (Å²) in [6, 6.07) is 0. The fourth-order valence-corrected chi connectivity index (χ4v) is 2.24.